The van der Waals surface area contributed by atoms with Gasteiger partial charge >= 0.3 is 0 Å². The highest BCUT2D eigenvalue weighted by atomic mass is 15.5. The average Bonchev–Trinajstić information content (AvgIpc) is 3.72. The predicted octanol–water partition coefficient (Wildman–Crippen LogP) is 6.05. The minimum Gasteiger partial charge on any atom is -0.327 e. The zero-order valence-corrected chi connectivity index (χ0v) is 21.7. The van der Waals surface area contributed by atoms with Crippen molar-refractivity contribution in [3.63, 3.8) is 0 Å². The van der Waals surface area contributed by atoms with E-state index in [2.05, 4.69) is 110 Å². The summed E-state index contributed by atoms with van der Waals surface area (Å²) in [7, 11) is 2.07. The van der Waals surface area contributed by atoms with E-state index >= 15 is 0 Å². The van der Waals surface area contributed by atoms with Gasteiger partial charge in [-0.3, -0.25) is 0 Å². The maximum Gasteiger partial charge on any atom is 0.205 e. The van der Waals surface area contributed by atoms with Crippen molar-refractivity contribution < 1.29 is 0 Å². The van der Waals surface area contributed by atoms with E-state index in [0.717, 1.165) is 68.9 Å². The lowest BCUT2D eigenvalue weighted by atomic mass is 9.98. The first-order valence-electron chi connectivity index (χ1n) is 13.0. The minimum absolute atomic E-state index is 0.587. The number of hydrogen-bond acceptors (Lipinski definition) is 5. The van der Waals surface area contributed by atoms with Crippen LogP contribution in [0.2, 0.25) is 0 Å². The van der Waals surface area contributed by atoms with Crippen LogP contribution in [0.5, 0.6) is 0 Å². The molecule has 3 heterocycles. The van der Waals surface area contributed by atoms with E-state index in [1.165, 1.54) is 5.56 Å². The largest absolute Gasteiger partial charge is 0.327 e. The van der Waals surface area contributed by atoms with Gasteiger partial charge in [0.05, 0.1) is 22.1 Å². The zero-order valence-electron chi connectivity index (χ0n) is 21.7. The number of nitrogens with one attached hydrogen (secondary N) is 1. The van der Waals surface area contributed by atoms with Crippen molar-refractivity contribution in [3.05, 3.63) is 102 Å². The van der Waals surface area contributed by atoms with Crippen molar-refractivity contribution in [1.29, 1.82) is 0 Å². The van der Waals surface area contributed by atoms with Crippen molar-refractivity contribution in [2.24, 2.45) is 7.05 Å². The molecule has 0 saturated carbocycles. The minimum atomic E-state index is 0.587. The van der Waals surface area contributed by atoms with Crippen LogP contribution in [-0.2, 0) is 20.0 Å². The van der Waals surface area contributed by atoms with Crippen LogP contribution in [0.3, 0.4) is 0 Å². The third kappa shape index (κ3) is 3.97. The van der Waals surface area contributed by atoms with Gasteiger partial charge in [0, 0.05) is 31.1 Å². The van der Waals surface area contributed by atoms with Gasteiger partial charge in [-0.2, -0.15) is 5.21 Å². The Bertz CT molecular complexity index is 1930. The Hall–Kier alpha value is -5.11. The molecule has 39 heavy (non-hydrogen) atoms. The second-order valence-corrected chi connectivity index (χ2v) is 9.63. The molecule has 4 aromatic carbocycles. The van der Waals surface area contributed by atoms with E-state index < -0.39 is 0 Å². The SMILES string of the molecule is CCc1nc2ccc(-c3nc4ccccc4n3C)cc2n1Cc1ccc(-c2ccccc2-c2nn[nH]n2)cc1. The number of aryl methyl sites for hydroxylation is 2. The number of benzene rings is 4. The van der Waals surface area contributed by atoms with Crippen molar-refractivity contribution in [2.45, 2.75) is 19.9 Å². The molecular weight excluding hydrogens is 484 g/mol. The van der Waals surface area contributed by atoms with Crippen LogP contribution in [0, 0.1) is 0 Å². The monoisotopic (exact) mass is 510 g/mol. The van der Waals surface area contributed by atoms with Gasteiger partial charge in [0.2, 0.25) is 5.82 Å². The molecular formula is C31H26N8. The first-order chi connectivity index (χ1) is 19.2. The van der Waals surface area contributed by atoms with E-state index in [1.54, 1.807) is 0 Å². The number of fused-ring (bicyclic) bond motifs is 2. The summed E-state index contributed by atoms with van der Waals surface area (Å²) in [6, 6.07) is 31.5. The number of aromatic amines is 1. The van der Waals surface area contributed by atoms with Crippen LogP contribution in [0.4, 0.5) is 0 Å². The number of nitrogens with zero attached hydrogens (tertiary/aromatic N) is 7. The van der Waals surface area contributed by atoms with E-state index in [1.807, 2.05) is 24.3 Å². The summed E-state index contributed by atoms with van der Waals surface area (Å²) in [5.74, 6) is 2.61. The van der Waals surface area contributed by atoms with Crippen molar-refractivity contribution in [2.75, 3.05) is 0 Å². The molecule has 7 aromatic rings. The lowest BCUT2D eigenvalue weighted by molar-refractivity contribution is 0.753. The van der Waals surface area contributed by atoms with Crippen LogP contribution >= 0.6 is 0 Å². The molecule has 0 fully saturated rings. The van der Waals surface area contributed by atoms with Gasteiger partial charge in [0.1, 0.15) is 11.6 Å². The maximum atomic E-state index is 4.95. The number of imidazole rings is 2. The first-order valence-corrected chi connectivity index (χ1v) is 13.0. The number of para-hydroxylation sites is 2. The molecule has 0 radical (unpaired) electrons. The molecule has 0 aliphatic heterocycles. The van der Waals surface area contributed by atoms with Gasteiger partial charge in [0.25, 0.3) is 0 Å². The summed E-state index contributed by atoms with van der Waals surface area (Å²) in [5.41, 5.74) is 9.64. The van der Waals surface area contributed by atoms with Crippen LogP contribution < -0.4 is 0 Å². The number of hydrogen-bond donors (Lipinski definition) is 1. The molecule has 0 amide bonds. The fourth-order valence-electron chi connectivity index (χ4n) is 5.34. The molecule has 0 aliphatic carbocycles. The highest BCUT2D eigenvalue weighted by Crippen LogP contribution is 2.31. The van der Waals surface area contributed by atoms with Crippen molar-refractivity contribution >= 4 is 22.1 Å². The second kappa shape index (κ2) is 9.33. The van der Waals surface area contributed by atoms with E-state index in [4.69, 9.17) is 9.97 Å². The predicted molar refractivity (Wildman–Crippen MR) is 153 cm³/mol. The number of aromatic nitrogens is 8. The van der Waals surface area contributed by atoms with Gasteiger partial charge in [-0.15, -0.1) is 10.2 Å². The van der Waals surface area contributed by atoms with Gasteiger partial charge in [-0.1, -0.05) is 67.6 Å². The van der Waals surface area contributed by atoms with Crippen LogP contribution in [0.15, 0.2) is 91.0 Å². The number of rotatable bonds is 6. The van der Waals surface area contributed by atoms with Crippen molar-refractivity contribution in [1.82, 2.24) is 39.7 Å². The fraction of sp³-hybridized carbons (Fsp3) is 0.129. The topological polar surface area (TPSA) is 90.1 Å². The quantitative estimate of drug-likeness (QED) is 0.294. The number of H-pyrrole nitrogens is 1. The van der Waals surface area contributed by atoms with Gasteiger partial charge in [-0.05, 0) is 52.2 Å². The van der Waals surface area contributed by atoms with Crippen molar-refractivity contribution in [3.8, 4) is 33.9 Å². The summed E-state index contributed by atoms with van der Waals surface area (Å²) in [5, 5.41) is 14.6. The average molecular weight is 511 g/mol. The summed E-state index contributed by atoms with van der Waals surface area (Å²) >= 11 is 0. The third-order valence-corrected chi connectivity index (χ3v) is 7.31. The summed E-state index contributed by atoms with van der Waals surface area (Å²) < 4.78 is 4.48. The van der Waals surface area contributed by atoms with Crippen LogP contribution in [0.1, 0.15) is 18.3 Å². The molecule has 0 aliphatic rings. The Morgan fingerprint density at radius 3 is 2.26 bits per heavy atom. The van der Waals surface area contributed by atoms with E-state index in [-0.39, 0.29) is 0 Å². The molecule has 0 atom stereocenters. The number of tetrazole rings is 1. The highest BCUT2D eigenvalue weighted by Gasteiger charge is 2.15. The van der Waals surface area contributed by atoms with Gasteiger partial charge in [0.15, 0.2) is 0 Å². The Morgan fingerprint density at radius 1 is 0.744 bits per heavy atom. The molecule has 8 nitrogen and oxygen atoms in total. The van der Waals surface area contributed by atoms with Crippen LogP contribution in [0.25, 0.3) is 56.0 Å². The fourth-order valence-corrected chi connectivity index (χ4v) is 5.34. The summed E-state index contributed by atoms with van der Waals surface area (Å²) in [4.78, 5) is 9.86. The molecule has 7 rings (SSSR count). The third-order valence-electron chi connectivity index (χ3n) is 7.31. The first kappa shape index (κ1) is 23.0. The Balaban J connectivity index is 1.25. The molecule has 0 spiro atoms. The Morgan fingerprint density at radius 2 is 1.49 bits per heavy atom. The normalized spacial score (nSPS) is 11.5. The maximum absolute atomic E-state index is 4.95. The summed E-state index contributed by atoms with van der Waals surface area (Å²) in [6.07, 6.45) is 0.854. The molecule has 8 heteroatoms. The highest BCUT2D eigenvalue weighted by molar-refractivity contribution is 5.85. The van der Waals surface area contributed by atoms with Gasteiger partial charge < -0.3 is 9.13 Å². The summed E-state index contributed by atoms with van der Waals surface area (Å²) in [6.45, 7) is 2.89. The second-order valence-electron chi connectivity index (χ2n) is 9.63. The zero-order chi connectivity index (χ0) is 26.3. The molecule has 1 N–H and O–H groups in total. The Kier molecular flexibility index (Phi) is 5.51. The Labute approximate surface area is 225 Å². The molecule has 0 unspecified atom stereocenters. The van der Waals surface area contributed by atoms with Gasteiger partial charge in [-0.25, -0.2) is 9.97 Å². The lowest BCUT2D eigenvalue weighted by Gasteiger charge is -2.11. The molecule has 0 bridgehead atoms. The molecule has 190 valence electrons. The standard InChI is InChI=1S/C31H26N8/c1-3-29-32-26-17-16-22(31-33-25-10-6-7-11-27(25)38(31)2)18-28(26)39(29)19-20-12-14-21(15-13-20)23-8-4-5-9-24(23)30-34-36-37-35-30/h4-18H,3,19H2,1-2H3,(H,34,35,36,37). The van der Waals surface area contributed by atoms with Crippen LogP contribution in [-0.4, -0.2) is 39.7 Å². The lowest BCUT2D eigenvalue weighted by Crippen LogP contribution is -2.04. The molecule has 3 aromatic heterocycles. The van der Waals surface area contributed by atoms with E-state index in [9.17, 15) is 0 Å². The molecule has 0 saturated heterocycles. The van der Waals surface area contributed by atoms with E-state index in [0.29, 0.717) is 5.82 Å². The smallest absolute Gasteiger partial charge is 0.205 e.